The van der Waals surface area contributed by atoms with Gasteiger partial charge in [-0.15, -0.1) is 0 Å². The molecule has 21 heavy (non-hydrogen) atoms. The van der Waals surface area contributed by atoms with E-state index in [0.717, 1.165) is 6.54 Å². The summed E-state index contributed by atoms with van der Waals surface area (Å²) in [5, 5.41) is 3.36. The third-order valence-corrected chi connectivity index (χ3v) is 3.52. The monoisotopic (exact) mass is 313 g/mol. The van der Waals surface area contributed by atoms with Crippen molar-refractivity contribution in [1.29, 1.82) is 0 Å². The van der Waals surface area contributed by atoms with Gasteiger partial charge in [0.25, 0.3) is 0 Å². The van der Waals surface area contributed by atoms with Crippen molar-refractivity contribution in [3.05, 3.63) is 23.2 Å². The molecule has 0 saturated carbocycles. The van der Waals surface area contributed by atoms with Crippen LogP contribution in [0.15, 0.2) is 18.2 Å². The first kappa shape index (κ1) is 16.0. The number of rotatable bonds is 5. The maximum atomic E-state index is 12.1. The van der Waals surface area contributed by atoms with Gasteiger partial charge in [0.1, 0.15) is 5.75 Å². The van der Waals surface area contributed by atoms with Gasteiger partial charge >= 0.3 is 0 Å². The van der Waals surface area contributed by atoms with Crippen molar-refractivity contribution < 1.29 is 14.3 Å². The highest BCUT2D eigenvalue weighted by molar-refractivity contribution is 6.31. The van der Waals surface area contributed by atoms with Crippen molar-refractivity contribution in [3.63, 3.8) is 0 Å². The molecule has 7 heteroatoms. The molecule has 3 N–H and O–H groups in total. The summed E-state index contributed by atoms with van der Waals surface area (Å²) in [6.45, 7) is 2.72. The Labute approximate surface area is 129 Å². The topological polar surface area (TPSA) is 76.8 Å². The summed E-state index contributed by atoms with van der Waals surface area (Å²) in [5.41, 5.74) is 6.16. The van der Waals surface area contributed by atoms with Gasteiger partial charge in [-0.25, -0.2) is 0 Å². The highest BCUT2D eigenvalue weighted by Gasteiger charge is 2.21. The maximum absolute atomic E-state index is 12.1. The van der Waals surface area contributed by atoms with E-state index >= 15 is 0 Å². The van der Waals surface area contributed by atoms with Crippen LogP contribution >= 0.6 is 11.6 Å². The lowest BCUT2D eigenvalue weighted by atomic mass is 10.2. The molecule has 1 amide bonds. The lowest BCUT2D eigenvalue weighted by Gasteiger charge is -2.31. The number of ether oxygens (including phenoxy) is 2. The second kappa shape index (κ2) is 7.61. The summed E-state index contributed by atoms with van der Waals surface area (Å²) in [5.74, 6) is 0.461. The molecule has 6 nitrogen and oxygen atoms in total. The number of nitrogens with zero attached hydrogens (tertiary/aromatic N) is 1. The van der Waals surface area contributed by atoms with E-state index in [-0.39, 0.29) is 18.6 Å². The van der Waals surface area contributed by atoms with E-state index in [2.05, 4.69) is 5.32 Å². The zero-order valence-electron chi connectivity index (χ0n) is 12.0. The van der Waals surface area contributed by atoms with Gasteiger partial charge in [-0.05, 0) is 18.2 Å². The summed E-state index contributed by atoms with van der Waals surface area (Å²) in [6, 6.07) is 5.10. The van der Waals surface area contributed by atoms with Gasteiger partial charge < -0.3 is 20.5 Å². The minimum atomic E-state index is -0.117. The largest absolute Gasteiger partial charge is 0.495 e. The zero-order chi connectivity index (χ0) is 15.2. The molecule has 1 aliphatic heterocycles. The molecule has 1 aromatic rings. The molecule has 0 radical (unpaired) electrons. The number of morpholine rings is 1. The summed E-state index contributed by atoms with van der Waals surface area (Å²) < 4.78 is 10.7. The van der Waals surface area contributed by atoms with Crippen molar-refractivity contribution in [2.75, 3.05) is 45.2 Å². The second-order valence-electron chi connectivity index (χ2n) is 4.86. The number of anilines is 1. The molecule has 1 atom stereocenters. The van der Waals surface area contributed by atoms with Crippen LogP contribution in [0.5, 0.6) is 5.75 Å². The SMILES string of the molecule is COc1ccc(Cl)cc1NC(=O)CN1CCOC(CN)C1. The second-order valence-corrected chi connectivity index (χ2v) is 5.29. The molecule has 0 aliphatic carbocycles. The summed E-state index contributed by atoms with van der Waals surface area (Å²) in [4.78, 5) is 14.2. The van der Waals surface area contributed by atoms with E-state index in [4.69, 9.17) is 26.8 Å². The van der Waals surface area contributed by atoms with Crippen LogP contribution in [0.1, 0.15) is 0 Å². The zero-order valence-corrected chi connectivity index (χ0v) is 12.7. The minimum absolute atomic E-state index is 0.00717. The third kappa shape index (κ3) is 4.57. The number of hydrogen-bond donors (Lipinski definition) is 2. The number of nitrogens with one attached hydrogen (secondary N) is 1. The van der Waals surface area contributed by atoms with Gasteiger partial charge in [0, 0.05) is 24.7 Å². The predicted molar refractivity (Wildman–Crippen MR) is 81.9 cm³/mol. The number of carbonyl (C=O) groups excluding carboxylic acids is 1. The van der Waals surface area contributed by atoms with Crippen LogP contribution in [0.2, 0.25) is 5.02 Å². The van der Waals surface area contributed by atoms with E-state index in [1.807, 2.05) is 4.90 Å². The Morgan fingerprint density at radius 2 is 2.43 bits per heavy atom. The van der Waals surface area contributed by atoms with Gasteiger partial charge in [0.05, 0.1) is 32.1 Å². The maximum Gasteiger partial charge on any atom is 0.238 e. The van der Waals surface area contributed by atoms with Crippen molar-refractivity contribution in [1.82, 2.24) is 4.90 Å². The quantitative estimate of drug-likeness (QED) is 0.846. The van der Waals surface area contributed by atoms with E-state index in [0.29, 0.717) is 36.2 Å². The molecule has 1 unspecified atom stereocenters. The first-order valence-corrected chi connectivity index (χ1v) is 7.17. The predicted octanol–water partition coefficient (Wildman–Crippen LogP) is 0.947. The van der Waals surface area contributed by atoms with E-state index in [1.54, 1.807) is 25.3 Å². The number of carbonyl (C=O) groups is 1. The van der Waals surface area contributed by atoms with Crippen LogP contribution in [0.4, 0.5) is 5.69 Å². The van der Waals surface area contributed by atoms with Gasteiger partial charge in [0.15, 0.2) is 0 Å². The Bertz CT molecular complexity index is 498. The number of hydrogen-bond acceptors (Lipinski definition) is 5. The highest BCUT2D eigenvalue weighted by Crippen LogP contribution is 2.27. The minimum Gasteiger partial charge on any atom is -0.495 e. The fourth-order valence-corrected chi connectivity index (χ4v) is 2.41. The molecule has 0 aromatic heterocycles. The fourth-order valence-electron chi connectivity index (χ4n) is 2.24. The number of nitrogens with two attached hydrogens (primary N) is 1. The molecule has 0 spiro atoms. The van der Waals surface area contributed by atoms with Crippen molar-refractivity contribution >= 4 is 23.2 Å². The summed E-state index contributed by atoms with van der Waals surface area (Å²) in [6.07, 6.45) is -0.00717. The molecule has 1 aliphatic rings. The molecule has 1 heterocycles. The highest BCUT2D eigenvalue weighted by atomic mass is 35.5. The van der Waals surface area contributed by atoms with Crippen molar-refractivity contribution in [3.8, 4) is 5.75 Å². The number of benzene rings is 1. The number of halogens is 1. The summed E-state index contributed by atoms with van der Waals surface area (Å²) in [7, 11) is 1.55. The number of methoxy groups -OCH3 is 1. The van der Waals surface area contributed by atoms with Crippen molar-refractivity contribution in [2.45, 2.75) is 6.10 Å². The van der Waals surface area contributed by atoms with Crippen LogP contribution in [0.25, 0.3) is 0 Å². The molecule has 1 saturated heterocycles. The number of amides is 1. The standard InChI is InChI=1S/C14H20ClN3O3/c1-20-13-3-2-10(15)6-12(13)17-14(19)9-18-4-5-21-11(7-16)8-18/h2-3,6,11H,4-5,7-9,16H2,1H3,(H,17,19). The average Bonchev–Trinajstić information content (AvgIpc) is 2.47. The van der Waals surface area contributed by atoms with Crippen molar-refractivity contribution in [2.24, 2.45) is 5.73 Å². The molecular formula is C14H20ClN3O3. The van der Waals surface area contributed by atoms with Crippen LogP contribution in [0, 0.1) is 0 Å². The lowest BCUT2D eigenvalue weighted by Crippen LogP contribution is -2.48. The molecule has 1 fully saturated rings. The Kier molecular flexibility index (Phi) is 5.81. The Morgan fingerprint density at radius 3 is 3.14 bits per heavy atom. The van der Waals surface area contributed by atoms with E-state index < -0.39 is 0 Å². The molecular weight excluding hydrogens is 294 g/mol. The van der Waals surface area contributed by atoms with Crippen LogP contribution < -0.4 is 15.8 Å². The van der Waals surface area contributed by atoms with Crippen LogP contribution in [0.3, 0.4) is 0 Å². The van der Waals surface area contributed by atoms with Gasteiger partial charge in [-0.1, -0.05) is 11.6 Å². The summed E-state index contributed by atoms with van der Waals surface area (Å²) >= 11 is 5.94. The first-order chi connectivity index (χ1) is 10.1. The van der Waals surface area contributed by atoms with E-state index in [1.165, 1.54) is 0 Å². The third-order valence-electron chi connectivity index (χ3n) is 3.29. The molecule has 2 rings (SSSR count). The fraction of sp³-hybridized carbons (Fsp3) is 0.500. The van der Waals surface area contributed by atoms with E-state index in [9.17, 15) is 4.79 Å². The Balaban J connectivity index is 1.94. The van der Waals surface area contributed by atoms with Crippen LogP contribution in [-0.2, 0) is 9.53 Å². The van der Waals surface area contributed by atoms with Gasteiger partial charge in [-0.3, -0.25) is 9.69 Å². The smallest absolute Gasteiger partial charge is 0.238 e. The molecule has 0 bridgehead atoms. The lowest BCUT2D eigenvalue weighted by molar-refractivity contribution is -0.119. The Hall–Kier alpha value is -1.34. The normalized spacial score (nSPS) is 19.3. The van der Waals surface area contributed by atoms with Gasteiger partial charge in [0.2, 0.25) is 5.91 Å². The first-order valence-electron chi connectivity index (χ1n) is 6.79. The molecule has 1 aromatic carbocycles. The Morgan fingerprint density at radius 1 is 1.62 bits per heavy atom. The molecule has 116 valence electrons. The average molecular weight is 314 g/mol. The van der Waals surface area contributed by atoms with Crippen LogP contribution in [-0.4, -0.2) is 56.8 Å². The van der Waals surface area contributed by atoms with Gasteiger partial charge in [-0.2, -0.15) is 0 Å².